The number of rotatable bonds is 5. The minimum absolute atomic E-state index is 0.373. The Morgan fingerprint density at radius 2 is 1.68 bits per heavy atom. The molecule has 0 N–H and O–H groups in total. The number of ether oxygens (including phenoxy) is 2. The summed E-state index contributed by atoms with van der Waals surface area (Å²) >= 11 is 0. The number of benzene rings is 3. The first kappa shape index (κ1) is 17.9. The van der Waals surface area contributed by atoms with E-state index in [2.05, 4.69) is 0 Å². The Hall–Kier alpha value is -3.53. The zero-order valence-electron chi connectivity index (χ0n) is 15.8. The molecule has 4 nitrogen and oxygen atoms in total. The molecule has 0 bridgehead atoms. The highest BCUT2D eigenvalue weighted by atomic mass is 16.5. The van der Waals surface area contributed by atoms with Crippen LogP contribution in [0.3, 0.4) is 0 Å². The van der Waals surface area contributed by atoms with E-state index in [1.807, 2.05) is 73.7 Å². The van der Waals surface area contributed by atoms with Crippen molar-refractivity contribution in [2.24, 2.45) is 0 Å². The van der Waals surface area contributed by atoms with Gasteiger partial charge < -0.3 is 13.9 Å². The standard InChI is InChI=1S/C24H20O4/c1-16-22(27-15-17-8-10-19(26-2)11-9-17)13-12-20-21(14-23(25)28-24(16)20)18-6-4-3-5-7-18/h3-14H,15H2,1-2H3. The Bertz CT molecular complexity index is 1160. The number of fused-ring (bicyclic) bond motifs is 1. The maximum atomic E-state index is 12.2. The van der Waals surface area contributed by atoms with Crippen LogP contribution in [-0.4, -0.2) is 7.11 Å². The SMILES string of the molecule is COc1ccc(COc2ccc3c(-c4ccccc4)cc(=O)oc3c2C)cc1. The second-order valence-electron chi connectivity index (χ2n) is 6.55. The van der Waals surface area contributed by atoms with E-state index in [1.165, 1.54) is 6.07 Å². The Kier molecular flexibility index (Phi) is 4.85. The van der Waals surface area contributed by atoms with Gasteiger partial charge in [0.15, 0.2) is 0 Å². The predicted octanol–water partition coefficient (Wildman–Crippen LogP) is 5.36. The number of hydrogen-bond donors (Lipinski definition) is 0. The Labute approximate surface area is 163 Å². The molecule has 28 heavy (non-hydrogen) atoms. The van der Waals surface area contributed by atoms with Crippen molar-refractivity contribution in [2.75, 3.05) is 7.11 Å². The molecule has 140 valence electrons. The summed E-state index contributed by atoms with van der Waals surface area (Å²) in [6.45, 7) is 2.32. The monoisotopic (exact) mass is 372 g/mol. The van der Waals surface area contributed by atoms with Crippen LogP contribution in [0.5, 0.6) is 11.5 Å². The molecule has 0 fully saturated rings. The normalized spacial score (nSPS) is 10.8. The van der Waals surface area contributed by atoms with Crippen molar-refractivity contribution < 1.29 is 13.9 Å². The van der Waals surface area contributed by atoms with Gasteiger partial charge in [0.1, 0.15) is 23.7 Å². The van der Waals surface area contributed by atoms with E-state index in [-0.39, 0.29) is 5.63 Å². The summed E-state index contributed by atoms with van der Waals surface area (Å²) in [7, 11) is 1.64. The van der Waals surface area contributed by atoms with E-state index in [9.17, 15) is 4.79 Å². The third-order valence-electron chi connectivity index (χ3n) is 4.75. The molecule has 4 heteroatoms. The molecule has 0 aliphatic heterocycles. The highest BCUT2D eigenvalue weighted by Crippen LogP contribution is 2.33. The summed E-state index contributed by atoms with van der Waals surface area (Å²) in [6, 6.07) is 23.0. The smallest absolute Gasteiger partial charge is 0.336 e. The fraction of sp³-hybridized carbons (Fsp3) is 0.125. The van der Waals surface area contributed by atoms with E-state index < -0.39 is 0 Å². The van der Waals surface area contributed by atoms with Gasteiger partial charge in [-0.05, 0) is 47.9 Å². The van der Waals surface area contributed by atoms with Crippen LogP contribution < -0.4 is 15.1 Å². The summed E-state index contributed by atoms with van der Waals surface area (Å²) < 4.78 is 16.7. The van der Waals surface area contributed by atoms with Crippen LogP contribution in [0.2, 0.25) is 0 Å². The summed E-state index contributed by atoms with van der Waals surface area (Å²) in [6.07, 6.45) is 0. The molecule has 1 heterocycles. The predicted molar refractivity (Wildman–Crippen MR) is 110 cm³/mol. The molecule has 0 atom stereocenters. The number of methoxy groups -OCH3 is 1. The minimum Gasteiger partial charge on any atom is -0.497 e. The fourth-order valence-electron chi connectivity index (χ4n) is 3.24. The van der Waals surface area contributed by atoms with Gasteiger partial charge in [-0.1, -0.05) is 42.5 Å². The van der Waals surface area contributed by atoms with Gasteiger partial charge in [0, 0.05) is 17.0 Å². The van der Waals surface area contributed by atoms with Gasteiger partial charge in [-0.3, -0.25) is 0 Å². The largest absolute Gasteiger partial charge is 0.497 e. The van der Waals surface area contributed by atoms with E-state index in [1.54, 1.807) is 7.11 Å². The van der Waals surface area contributed by atoms with Gasteiger partial charge >= 0.3 is 5.63 Å². The summed E-state index contributed by atoms with van der Waals surface area (Å²) in [5, 5.41) is 0.889. The molecule has 4 aromatic rings. The van der Waals surface area contributed by atoms with E-state index in [0.717, 1.165) is 33.4 Å². The topological polar surface area (TPSA) is 48.7 Å². The van der Waals surface area contributed by atoms with Crippen LogP contribution in [0.15, 0.2) is 82.0 Å². The summed E-state index contributed by atoms with van der Waals surface area (Å²) in [5.41, 5.74) is 3.85. The molecule has 0 amide bonds. The first-order chi connectivity index (χ1) is 13.7. The van der Waals surface area contributed by atoms with Crippen molar-refractivity contribution in [3.63, 3.8) is 0 Å². The van der Waals surface area contributed by atoms with Crippen LogP contribution in [0, 0.1) is 6.92 Å². The Balaban J connectivity index is 1.69. The Morgan fingerprint density at radius 1 is 0.929 bits per heavy atom. The van der Waals surface area contributed by atoms with Gasteiger partial charge in [0.25, 0.3) is 0 Å². The second-order valence-corrected chi connectivity index (χ2v) is 6.55. The van der Waals surface area contributed by atoms with Crippen molar-refractivity contribution in [1.82, 2.24) is 0 Å². The van der Waals surface area contributed by atoms with Crippen molar-refractivity contribution in [2.45, 2.75) is 13.5 Å². The molecular formula is C24H20O4. The van der Waals surface area contributed by atoms with E-state index in [0.29, 0.717) is 17.9 Å². The molecule has 3 aromatic carbocycles. The molecule has 0 unspecified atom stereocenters. The third kappa shape index (κ3) is 3.49. The lowest BCUT2D eigenvalue weighted by molar-refractivity contribution is 0.303. The lowest BCUT2D eigenvalue weighted by atomic mass is 10.0. The molecule has 0 spiro atoms. The van der Waals surface area contributed by atoms with Crippen molar-refractivity contribution in [3.05, 3.63) is 94.3 Å². The van der Waals surface area contributed by atoms with E-state index >= 15 is 0 Å². The van der Waals surface area contributed by atoms with Crippen molar-refractivity contribution >= 4 is 11.0 Å². The van der Waals surface area contributed by atoms with Gasteiger partial charge in [-0.2, -0.15) is 0 Å². The van der Waals surface area contributed by atoms with E-state index in [4.69, 9.17) is 13.9 Å². The average Bonchev–Trinajstić information content (AvgIpc) is 2.74. The Morgan fingerprint density at radius 3 is 2.39 bits per heavy atom. The van der Waals surface area contributed by atoms with Crippen LogP contribution >= 0.6 is 0 Å². The lowest BCUT2D eigenvalue weighted by Gasteiger charge is -2.13. The number of hydrogen-bond acceptors (Lipinski definition) is 4. The summed E-state index contributed by atoms with van der Waals surface area (Å²) in [5.74, 6) is 1.50. The molecule has 4 rings (SSSR count). The first-order valence-electron chi connectivity index (χ1n) is 9.04. The number of aryl methyl sites for hydroxylation is 1. The van der Waals surface area contributed by atoms with Gasteiger partial charge in [-0.25, -0.2) is 4.79 Å². The molecule has 0 saturated heterocycles. The summed E-state index contributed by atoms with van der Waals surface area (Å²) in [4.78, 5) is 12.2. The zero-order valence-corrected chi connectivity index (χ0v) is 15.8. The molecule has 0 radical (unpaired) electrons. The quantitative estimate of drug-likeness (QED) is 0.443. The second kappa shape index (κ2) is 7.61. The first-order valence-corrected chi connectivity index (χ1v) is 9.04. The van der Waals surface area contributed by atoms with Crippen LogP contribution in [0.1, 0.15) is 11.1 Å². The van der Waals surface area contributed by atoms with Gasteiger partial charge in [-0.15, -0.1) is 0 Å². The third-order valence-corrected chi connectivity index (χ3v) is 4.75. The van der Waals surface area contributed by atoms with Gasteiger partial charge in [0.2, 0.25) is 0 Å². The van der Waals surface area contributed by atoms with Crippen molar-refractivity contribution in [3.8, 4) is 22.6 Å². The zero-order chi connectivity index (χ0) is 19.5. The molecule has 0 saturated carbocycles. The molecule has 0 aliphatic carbocycles. The maximum Gasteiger partial charge on any atom is 0.336 e. The van der Waals surface area contributed by atoms with Crippen LogP contribution in [0.25, 0.3) is 22.1 Å². The highest BCUT2D eigenvalue weighted by molar-refractivity contribution is 5.95. The van der Waals surface area contributed by atoms with Gasteiger partial charge in [0.05, 0.1) is 7.11 Å². The van der Waals surface area contributed by atoms with Crippen LogP contribution in [-0.2, 0) is 6.61 Å². The highest BCUT2D eigenvalue weighted by Gasteiger charge is 2.13. The lowest BCUT2D eigenvalue weighted by Crippen LogP contribution is -2.01. The average molecular weight is 372 g/mol. The fourth-order valence-corrected chi connectivity index (χ4v) is 3.24. The van der Waals surface area contributed by atoms with Crippen molar-refractivity contribution in [1.29, 1.82) is 0 Å². The molecule has 1 aromatic heterocycles. The minimum atomic E-state index is -0.373. The van der Waals surface area contributed by atoms with Crippen LogP contribution in [0.4, 0.5) is 0 Å². The molecular weight excluding hydrogens is 352 g/mol. The maximum absolute atomic E-state index is 12.2. The molecule has 0 aliphatic rings.